The Bertz CT molecular complexity index is 543. The maximum atomic E-state index is 5.38. The largest absolute Gasteiger partial charge is 0.493 e. The molecule has 0 fully saturated rings. The molecule has 0 bridgehead atoms. The molecule has 0 aliphatic heterocycles. The quantitative estimate of drug-likeness (QED) is 0.878. The fraction of sp³-hybridized carbons (Fsp3) is 0.312. The van der Waals surface area contributed by atoms with Crippen LogP contribution in [-0.2, 0) is 0 Å². The minimum atomic E-state index is 0.114. The third kappa shape index (κ3) is 3.08. The summed E-state index contributed by atoms with van der Waals surface area (Å²) < 4.78 is 10.7. The molecule has 4 heteroatoms. The molecule has 20 heavy (non-hydrogen) atoms. The summed E-state index contributed by atoms with van der Waals surface area (Å²) in [5.41, 5.74) is 2.31. The van der Waals surface area contributed by atoms with E-state index in [9.17, 15) is 0 Å². The second kappa shape index (κ2) is 6.91. The predicted molar refractivity (Wildman–Crippen MR) is 79.3 cm³/mol. The molecule has 0 saturated carbocycles. The maximum Gasteiger partial charge on any atom is 0.161 e. The molecule has 1 N–H and O–H groups in total. The second-order valence-corrected chi connectivity index (χ2v) is 4.39. The zero-order valence-electron chi connectivity index (χ0n) is 12.1. The van der Waals surface area contributed by atoms with E-state index in [4.69, 9.17) is 9.47 Å². The molecular weight excluding hydrogens is 252 g/mol. The number of methoxy groups -OCH3 is 2. The van der Waals surface area contributed by atoms with Crippen molar-refractivity contribution in [3.05, 3.63) is 53.9 Å². The van der Waals surface area contributed by atoms with Gasteiger partial charge < -0.3 is 14.8 Å². The van der Waals surface area contributed by atoms with Crippen molar-refractivity contribution in [1.82, 2.24) is 10.3 Å². The number of benzene rings is 1. The zero-order chi connectivity index (χ0) is 14.4. The van der Waals surface area contributed by atoms with Crippen molar-refractivity contribution in [3.63, 3.8) is 0 Å². The van der Waals surface area contributed by atoms with Gasteiger partial charge in [-0.1, -0.05) is 13.0 Å². The van der Waals surface area contributed by atoms with Gasteiger partial charge in [0.2, 0.25) is 0 Å². The van der Waals surface area contributed by atoms with E-state index in [2.05, 4.69) is 23.3 Å². The number of hydrogen-bond donors (Lipinski definition) is 1. The van der Waals surface area contributed by atoms with Crippen LogP contribution in [0.5, 0.6) is 11.5 Å². The van der Waals surface area contributed by atoms with Gasteiger partial charge in [-0.15, -0.1) is 0 Å². The third-order valence-electron chi connectivity index (χ3n) is 3.19. The third-order valence-corrected chi connectivity index (χ3v) is 3.19. The summed E-state index contributed by atoms with van der Waals surface area (Å²) in [5, 5.41) is 3.48. The molecule has 2 rings (SSSR count). The summed E-state index contributed by atoms with van der Waals surface area (Å²) in [5.74, 6) is 1.48. The van der Waals surface area contributed by atoms with Crippen LogP contribution < -0.4 is 14.8 Å². The Labute approximate surface area is 119 Å². The van der Waals surface area contributed by atoms with Crippen molar-refractivity contribution in [1.29, 1.82) is 0 Å². The molecule has 0 radical (unpaired) electrons. The van der Waals surface area contributed by atoms with E-state index in [1.807, 2.05) is 24.3 Å². The standard InChI is InChI=1S/C16H20N2O2/c1-4-18-16(12-7-9-17-10-8-12)13-5-6-14(19-2)15(11-13)20-3/h5-11,16,18H,4H2,1-3H3. The highest BCUT2D eigenvalue weighted by Crippen LogP contribution is 2.32. The van der Waals surface area contributed by atoms with Crippen molar-refractivity contribution in [3.8, 4) is 11.5 Å². The van der Waals surface area contributed by atoms with Crippen molar-refractivity contribution < 1.29 is 9.47 Å². The second-order valence-electron chi connectivity index (χ2n) is 4.39. The average Bonchev–Trinajstić information content (AvgIpc) is 2.52. The van der Waals surface area contributed by atoms with Crippen molar-refractivity contribution in [2.45, 2.75) is 13.0 Å². The smallest absolute Gasteiger partial charge is 0.161 e. The number of nitrogens with one attached hydrogen (secondary N) is 1. The fourth-order valence-electron chi connectivity index (χ4n) is 2.22. The van der Waals surface area contributed by atoms with Gasteiger partial charge in [-0.2, -0.15) is 0 Å². The summed E-state index contributed by atoms with van der Waals surface area (Å²) in [6, 6.07) is 10.1. The summed E-state index contributed by atoms with van der Waals surface area (Å²) in [6.07, 6.45) is 3.61. The van der Waals surface area contributed by atoms with Gasteiger partial charge in [0.25, 0.3) is 0 Å². The number of aromatic nitrogens is 1. The summed E-state index contributed by atoms with van der Waals surface area (Å²) in [6.45, 7) is 2.97. The first-order chi connectivity index (χ1) is 9.80. The monoisotopic (exact) mass is 272 g/mol. The summed E-state index contributed by atoms with van der Waals surface area (Å²) in [4.78, 5) is 4.07. The molecule has 0 aliphatic carbocycles. The first-order valence-electron chi connectivity index (χ1n) is 6.65. The molecular formula is C16H20N2O2. The van der Waals surface area contributed by atoms with Crippen molar-refractivity contribution in [2.75, 3.05) is 20.8 Å². The number of ether oxygens (including phenoxy) is 2. The minimum Gasteiger partial charge on any atom is -0.493 e. The number of hydrogen-bond acceptors (Lipinski definition) is 4. The lowest BCUT2D eigenvalue weighted by molar-refractivity contribution is 0.354. The van der Waals surface area contributed by atoms with Crippen molar-refractivity contribution >= 4 is 0 Å². The molecule has 1 atom stereocenters. The topological polar surface area (TPSA) is 43.4 Å². The van der Waals surface area contributed by atoms with Gasteiger partial charge in [0.1, 0.15) is 0 Å². The van der Waals surface area contributed by atoms with Crippen molar-refractivity contribution in [2.24, 2.45) is 0 Å². The van der Waals surface area contributed by atoms with Gasteiger partial charge in [0, 0.05) is 12.4 Å². The van der Waals surface area contributed by atoms with E-state index >= 15 is 0 Å². The Morgan fingerprint density at radius 2 is 1.70 bits per heavy atom. The Morgan fingerprint density at radius 3 is 2.30 bits per heavy atom. The fourth-order valence-corrected chi connectivity index (χ4v) is 2.22. The van der Waals surface area contributed by atoms with Crippen LogP contribution in [-0.4, -0.2) is 25.7 Å². The first-order valence-corrected chi connectivity index (χ1v) is 6.65. The highest BCUT2D eigenvalue weighted by atomic mass is 16.5. The van der Waals surface area contributed by atoms with E-state index in [-0.39, 0.29) is 6.04 Å². The highest BCUT2D eigenvalue weighted by molar-refractivity contribution is 5.45. The Balaban J connectivity index is 2.39. The SMILES string of the molecule is CCNC(c1ccncc1)c1ccc(OC)c(OC)c1. The zero-order valence-corrected chi connectivity index (χ0v) is 12.1. The number of rotatable bonds is 6. The Morgan fingerprint density at radius 1 is 1.00 bits per heavy atom. The number of pyridine rings is 1. The van der Waals surface area contributed by atoms with Gasteiger partial charge in [0.05, 0.1) is 20.3 Å². The lowest BCUT2D eigenvalue weighted by Crippen LogP contribution is -2.22. The van der Waals surface area contributed by atoms with E-state index < -0.39 is 0 Å². The lowest BCUT2D eigenvalue weighted by atomic mass is 9.99. The van der Waals surface area contributed by atoms with Crippen LogP contribution in [0.4, 0.5) is 0 Å². The lowest BCUT2D eigenvalue weighted by Gasteiger charge is -2.20. The molecule has 106 valence electrons. The van der Waals surface area contributed by atoms with Crippen LogP contribution in [0.15, 0.2) is 42.7 Å². The predicted octanol–water partition coefficient (Wildman–Crippen LogP) is 2.80. The average molecular weight is 272 g/mol. The molecule has 1 aromatic heterocycles. The minimum absolute atomic E-state index is 0.114. The van der Waals surface area contributed by atoms with E-state index in [0.717, 1.165) is 23.6 Å². The molecule has 1 aromatic carbocycles. The van der Waals surface area contributed by atoms with Crippen LogP contribution in [0.1, 0.15) is 24.1 Å². The molecule has 2 aromatic rings. The molecule has 0 spiro atoms. The van der Waals surface area contributed by atoms with Gasteiger partial charge in [-0.3, -0.25) is 4.98 Å². The molecule has 0 saturated heterocycles. The normalized spacial score (nSPS) is 11.9. The van der Waals surface area contributed by atoms with E-state index in [1.54, 1.807) is 26.6 Å². The van der Waals surface area contributed by atoms with Gasteiger partial charge >= 0.3 is 0 Å². The summed E-state index contributed by atoms with van der Waals surface area (Å²) in [7, 11) is 3.29. The maximum absolute atomic E-state index is 5.38. The van der Waals surface area contributed by atoms with Crippen LogP contribution >= 0.6 is 0 Å². The van der Waals surface area contributed by atoms with E-state index in [1.165, 1.54) is 5.56 Å². The van der Waals surface area contributed by atoms with Crippen LogP contribution in [0, 0.1) is 0 Å². The summed E-state index contributed by atoms with van der Waals surface area (Å²) >= 11 is 0. The molecule has 0 aliphatic rings. The molecule has 1 unspecified atom stereocenters. The van der Waals surface area contributed by atoms with Gasteiger partial charge in [-0.05, 0) is 41.9 Å². The van der Waals surface area contributed by atoms with Crippen LogP contribution in [0.2, 0.25) is 0 Å². The van der Waals surface area contributed by atoms with Gasteiger partial charge in [-0.25, -0.2) is 0 Å². The van der Waals surface area contributed by atoms with Crippen LogP contribution in [0.25, 0.3) is 0 Å². The van der Waals surface area contributed by atoms with Gasteiger partial charge in [0.15, 0.2) is 11.5 Å². The van der Waals surface area contributed by atoms with Crippen LogP contribution in [0.3, 0.4) is 0 Å². The molecule has 0 amide bonds. The first kappa shape index (κ1) is 14.3. The number of nitrogens with zero attached hydrogens (tertiary/aromatic N) is 1. The Kier molecular flexibility index (Phi) is 4.96. The highest BCUT2D eigenvalue weighted by Gasteiger charge is 2.15. The Hall–Kier alpha value is -2.07. The molecule has 4 nitrogen and oxygen atoms in total. The molecule has 1 heterocycles. The van der Waals surface area contributed by atoms with E-state index in [0.29, 0.717) is 0 Å².